The van der Waals surface area contributed by atoms with Crippen LogP contribution in [0.4, 0.5) is 5.69 Å². The quantitative estimate of drug-likeness (QED) is 0.637. The van der Waals surface area contributed by atoms with Gasteiger partial charge in [-0.15, -0.1) is 0 Å². The average Bonchev–Trinajstić information content (AvgIpc) is 2.42. The second kappa shape index (κ2) is 6.43. The molecule has 103 valence electrons. The van der Waals surface area contributed by atoms with Crippen molar-refractivity contribution in [1.29, 1.82) is 0 Å². The third-order valence-corrected chi connectivity index (χ3v) is 3.23. The van der Waals surface area contributed by atoms with Crippen molar-refractivity contribution in [1.82, 2.24) is 9.97 Å². The van der Waals surface area contributed by atoms with Gasteiger partial charge < -0.3 is 4.43 Å². The Morgan fingerprint density at radius 2 is 1.90 bits per heavy atom. The van der Waals surface area contributed by atoms with Crippen molar-refractivity contribution in [2.75, 3.05) is 0 Å². The van der Waals surface area contributed by atoms with Gasteiger partial charge in [-0.25, -0.2) is 15.0 Å². The molecule has 0 spiro atoms. The van der Waals surface area contributed by atoms with Gasteiger partial charge in [-0.3, -0.25) is 0 Å². The highest BCUT2D eigenvalue weighted by molar-refractivity contribution is 6.49. The van der Waals surface area contributed by atoms with Crippen molar-refractivity contribution in [3.05, 3.63) is 48.0 Å². The molecule has 0 amide bonds. The van der Waals surface area contributed by atoms with Gasteiger partial charge in [-0.05, 0) is 50.7 Å². The van der Waals surface area contributed by atoms with Gasteiger partial charge in [-0.1, -0.05) is 6.07 Å². The summed E-state index contributed by atoms with van der Waals surface area (Å²) in [6, 6.07) is 7.83. The minimum Gasteiger partial charge on any atom is -0.541 e. The zero-order valence-electron chi connectivity index (χ0n) is 12.2. The molecule has 0 fully saturated rings. The first-order valence-corrected chi connectivity index (χ1v) is 8.88. The van der Waals surface area contributed by atoms with Crippen LogP contribution in [0.1, 0.15) is 18.3 Å². The van der Waals surface area contributed by atoms with E-state index >= 15 is 0 Å². The monoisotopic (exact) mass is 284 g/mol. The maximum Gasteiger partial charge on any atom is 0.274 e. The van der Waals surface area contributed by atoms with Gasteiger partial charge >= 0.3 is 0 Å². The first-order chi connectivity index (χ1) is 9.56. The third-order valence-electron chi connectivity index (χ3n) is 2.61. The van der Waals surface area contributed by atoms with Crippen molar-refractivity contribution in [2.24, 2.45) is 4.99 Å². The number of nitrogens with zero attached hydrogens (tertiary/aromatic N) is 3. The Morgan fingerprint density at radius 1 is 1.20 bits per heavy atom. The molecule has 1 radical (unpaired) electrons. The van der Waals surface area contributed by atoms with Gasteiger partial charge in [0.2, 0.25) is 0 Å². The van der Waals surface area contributed by atoms with Crippen molar-refractivity contribution >= 4 is 20.4 Å². The number of benzene rings is 1. The fraction of sp³-hybridized carbons (Fsp3) is 0.267. The number of hydrogen-bond acceptors (Lipinski definition) is 4. The number of aryl methyl sites for hydroxylation is 1. The van der Waals surface area contributed by atoms with Crippen molar-refractivity contribution in [2.45, 2.75) is 26.9 Å². The predicted molar refractivity (Wildman–Crippen MR) is 83.2 cm³/mol. The Hall–Kier alpha value is -2.01. The van der Waals surface area contributed by atoms with E-state index in [0.29, 0.717) is 5.82 Å². The Bertz CT molecular complexity index is 612. The van der Waals surface area contributed by atoms with E-state index in [0.717, 1.165) is 22.7 Å². The molecule has 0 saturated carbocycles. The van der Waals surface area contributed by atoms with Crippen molar-refractivity contribution in [3.63, 3.8) is 0 Å². The molecule has 5 heteroatoms. The van der Waals surface area contributed by atoms with E-state index in [2.05, 4.69) is 28.1 Å². The number of hydrogen-bond donors (Lipinski definition) is 0. The van der Waals surface area contributed by atoms with Crippen LogP contribution < -0.4 is 4.43 Å². The Balaban J connectivity index is 2.39. The molecule has 0 aliphatic rings. The van der Waals surface area contributed by atoms with Crippen LogP contribution in [0, 0.1) is 6.92 Å². The zero-order valence-corrected chi connectivity index (χ0v) is 13.2. The molecule has 20 heavy (non-hydrogen) atoms. The molecule has 0 unspecified atom stereocenters. The maximum atomic E-state index is 5.89. The number of aromatic nitrogens is 2. The highest BCUT2D eigenvalue weighted by Crippen LogP contribution is 2.29. The van der Waals surface area contributed by atoms with Gasteiger partial charge in [0.25, 0.3) is 9.04 Å². The van der Waals surface area contributed by atoms with Crippen molar-refractivity contribution < 1.29 is 4.43 Å². The first kappa shape index (κ1) is 14.4. The summed E-state index contributed by atoms with van der Waals surface area (Å²) >= 11 is 0. The maximum absolute atomic E-state index is 5.89. The lowest BCUT2D eigenvalue weighted by atomic mass is 10.2. The van der Waals surface area contributed by atoms with Crippen LogP contribution in [0.3, 0.4) is 0 Å². The average molecular weight is 284 g/mol. The lowest BCUT2D eigenvalue weighted by Crippen LogP contribution is -2.11. The standard InChI is InChI=1S/C15H18N3OSi/c1-11-6-7-14(19-20(3)4)13(10-11)18-12(2)15-16-8-5-9-17-15/h5-10H,1-4H3. The van der Waals surface area contributed by atoms with E-state index in [-0.39, 0.29) is 0 Å². The Kier molecular flexibility index (Phi) is 4.63. The largest absolute Gasteiger partial charge is 0.541 e. The molecule has 1 heterocycles. The molecule has 0 aliphatic carbocycles. The van der Waals surface area contributed by atoms with Crippen LogP contribution >= 0.6 is 0 Å². The van der Waals surface area contributed by atoms with Crippen LogP contribution in [-0.2, 0) is 0 Å². The van der Waals surface area contributed by atoms with E-state index in [4.69, 9.17) is 4.43 Å². The second-order valence-corrected chi connectivity index (χ2v) is 6.77. The van der Waals surface area contributed by atoms with Crippen LogP contribution in [0.15, 0.2) is 41.7 Å². The number of aliphatic imine (C=N–C) groups is 1. The summed E-state index contributed by atoms with van der Waals surface area (Å²) in [7, 11) is -0.821. The topological polar surface area (TPSA) is 47.4 Å². The van der Waals surface area contributed by atoms with Crippen LogP contribution in [-0.4, -0.2) is 24.7 Å². The first-order valence-electron chi connectivity index (χ1n) is 6.47. The van der Waals surface area contributed by atoms with Gasteiger partial charge in [0.1, 0.15) is 11.4 Å². The fourth-order valence-electron chi connectivity index (χ4n) is 1.74. The summed E-state index contributed by atoms with van der Waals surface area (Å²) in [5.41, 5.74) is 2.77. The Morgan fingerprint density at radius 3 is 2.55 bits per heavy atom. The minimum absolute atomic E-state index is 0.637. The summed E-state index contributed by atoms with van der Waals surface area (Å²) in [5.74, 6) is 1.46. The molecule has 0 N–H and O–H groups in total. The summed E-state index contributed by atoms with van der Waals surface area (Å²) in [4.78, 5) is 13.0. The summed E-state index contributed by atoms with van der Waals surface area (Å²) in [6.45, 7) is 8.16. The van der Waals surface area contributed by atoms with E-state index in [9.17, 15) is 0 Å². The molecule has 1 aromatic carbocycles. The molecule has 2 aromatic rings. The summed E-state index contributed by atoms with van der Waals surface area (Å²) in [5, 5.41) is 0. The SMILES string of the molecule is CC(=Nc1cc(C)ccc1O[Si](C)C)c1ncccn1. The Labute approximate surface area is 121 Å². The predicted octanol–water partition coefficient (Wildman–Crippen LogP) is 3.56. The molecule has 0 saturated heterocycles. The van der Waals surface area contributed by atoms with Gasteiger partial charge in [0.15, 0.2) is 5.82 Å². The molecule has 0 atom stereocenters. The molecule has 4 nitrogen and oxygen atoms in total. The minimum atomic E-state index is -0.821. The molecule has 2 rings (SSSR count). The van der Waals surface area contributed by atoms with E-state index < -0.39 is 9.04 Å². The third kappa shape index (κ3) is 3.74. The summed E-state index contributed by atoms with van der Waals surface area (Å²) < 4.78 is 5.89. The highest BCUT2D eigenvalue weighted by atomic mass is 28.3. The van der Waals surface area contributed by atoms with Crippen LogP contribution in [0.5, 0.6) is 5.75 Å². The zero-order chi connectivity index (χ0) is 14.5. The van der Waals surface area contributed by atoms with Crippen LogP contribution in [0.2, 0.25) is 13.1 Å². The van der Waals surface area contributed by atoms with E-state index in [1.165, 1.54) is 0 Å². The normalized spacial score (nSPS) is 11.8. The lowest BCUT2D eigenvalue weighted by molar-refractivity contribution is 0.582. The van der Waals surface area contributed by atoms with Gasteiger partial charge in [0, 0.05) is 12.4 Å². The number of rotatable bonds is 4. The summed E-state index contributed by atoms with van der Waals surface area (Å²) in [6.07, 6.45) is 3.43. The molecule has 0 bridgehead atoms. The molecule has 0 aliphatic heterocycles. The van der Waals surface area contributed by atoms with Gasteiger partial charge in [-0.2, -0.15) is 0 Å². The molecule has 1 aromatic heterocycles. The highest BCUT2D eigenvalue weighted by Gasteiger charge is 2.08. The fourth-order valence-corrected chi connectivity index (χ4v) is 2.35. The lowest BCUT2D eigenvalue weighted by Gasteiger charge is -2.12. The second-order valence-electron chi connectivity index (χ2n) is 4.75. The van der Waals surface area contributed by atoms with Gasteiger partial charge in [0.05, 0.1) is 5.71 Å². The molecular weight excluding hydrogens is 266 g/mol. The van der Waals surface area contributed by atoms with Crippen molar-refractivity contribution in [3.8, 4) is 5.75 Å². The smallest absolute Gasteiger partial charge is 0.274 e. The van der Waals surface area contributed by atoms with E-state index in [1.807, 2.05) is 32.0 Å². The molecular formula is C15H18N3OSi. The van der Waals surface area contributed by atoms with Crippen LogP contribution in [0.25, 0.3) is 0 Å². The van der Waals surface area contributed by atoms with E-state index in [1.54, 1.807) is 18.5 Å².